The van der Waals surface area contributed by atoms with Crippen LogP contribution >= 0.6 is 11.6 Å². The van der Waals surface area contributed by atoms with Gasteiger partial charge in [0, 0.05) is 6.08 Å². The highest BCUT2D eigenvalue weighted by Crippen LogP contribution is 2.13. The fourth-order valence-corrected chi connectivity index (χ4v) is 1.74. The SMILES string of the molecule is C=CC(=O)OC(Cl)CCCCCCCCC.N. The van der Waals surface area contributed by atoms with E-state index in [2.05, 4.69) is 13.5 Å². The van der Waals surface area contributed by atoms with Crippen LogP contribution in [0.15, 0.2) is 12.7 Å². The second kappa shape index (κ2) is 13.5. The highest BCUT2D eigenvalue weighted by atomic mass is 35.5. The molecule has 1 unspecified atom stereocenters. The molecule has 0 aliphatic carbocycles. The van der Waals surface area contributed by atoms with Crippen LogP contribution in [0.2, 0.25) is 0 Å². The van der Waals surface area contributed by atoms with Gasteiger partial charge in [0.25, 0.3) is 0 Å². The molecule has 3 nitrogen and oxygen atoms in total. The molecule has 0 radical (unpaired) electrons. The lowest BCUT2D eigenvalue weighted by Crippen LogP contribution is -2.09. The van der Waals surface area contributed by atoms with E-state index in [0.29, 0.717) is 0 Å². The monoisotopic (exact) mass is 263 g/mol. The fraction of sp³-hybridized carbons (Fsp3) is 0.769. The lowest BCUT2D eigenvalue weighted by molar-refractivity contribution is -0.139. The van der Waals surface area contributed by atoms with Gasteiger partial charge in [0.05, 0.1) is 0 Å². The molecule has 0 rings (SSSR count). The molecule has 0 saturated carbocycles. The van der Waals surface area contributed by atoms with E-state index in [9.17, 15) is 4.79 Å². The zero-order chi connectivity index (χ0) is 12.2. The summed E-state index contributed by atoms with van der Waals surface area (Å²) >= 11 is 5.83. The van der Waals surface area contributed by atoms with Gasteiger partial charge in [-0.2, -0.15) is 0 Å². The molecule has 0 fully saturated rings. The van der Waals surface area contributed by atoms with Crippen LogP contribution in [0.1, 0.15) is 58.3 Å². The Bertz CT molecular complexity index is 198. The number of esters is 1. The number of carbonyl (C=O) groups excluding carboxylic acids is 1. The van der Waals surface area contributed by atoms with E-state index in [1.54, 1.807) is 0 Å². The minimum atomic E-state index is -0.499. The summed E-state index contributed by atoms with van der Waals surface area (Å²) in [7, 11) is 0. The number of carbonyl (C=O) groups is 1. The number of ether oxygens (including phenoxy) is 1. The lowest BCUT2D eigenvalue weighted by Gasteiger charge is -2.09. The second-order valence-corrected chi connectivity index (χ2v) is 4.45. The van der Waals surface area contributed by atoms with Crippen molar-refractivity contribution in [3.05, 3.63) is 12.7 Å². The zero-order valence-electron chi connectivity index (χ0n) is 10.9. The van der Waals surface area contributed by atoms with Crippen molar-refractivity contribution in [1.29, 1.82) is 0 Å². The van der Waals surface area contributed by atoms with Crippen LogP contribution in [0.4, 0.5) is 0 Å². The summed E-state index contributed by atoms with van der Waals surface area (Å²) in [6, 6.07) is 0. The van der Waals surface area contributed by atoms with Gasteiger partial charge in [-0.3, -0.25) is 0 Å². The van der Waals surface area contributed by atoms with Crippen molar-refractivity contribution in [3.63, 3.8) is 0 Å². The molecule has 0 heterocycles. The summed E-state index contributed by atoms with van der Waals surface area (Å²) in [5.41, 5.74) is -0.499. The normalized spacial score (nSPS) is 11.4. The fourth-order valence-electron chi connectivity index (χ4n) is 1.50. The van der Waals surface area contributed by atoms with E-state index >= 15 is 0 Å². The Morgan fingerprint density at radius 1 is 1.24 bits per heavy atom. The number of alkyl halides is 1. The Kier molecular flexibility index (Phi) is 15.0. The molecule has 0 bridgehead atoms. The first kappa shape index (κ1) is 18.8. The van der Waals surface area contributed by atoms with Gasteiger partial charge in [-0.25, -0.2) is 4.79 Å². The summed E-state index contributed by atoms with van der Waals surface area (Å²) < 4.78 is 4.85. The summed E-state index contributed by atoms with van der Waals surface area (Å²) in [5.74, 6) is -0.442. The Labute approximate surface area is 110 Å². The molecule has 1 atom stereocenters. The van der Waals surface area contributed by atoms with Crippen LogP contribution < -0.4 is 6.15 Å². The molecular weight excluding hydrogens is 238 g/mol. The highest BCUT2D eigenvalue weighted by molar-refractivity contribution is 6.20. The first-order valence-corrected chi connectivity index (χ1v) is 6.61. The predicted octanol–water partition coefficient (Wildman–Crippen LogP) is 4.58. The number of hydrogen-bond acceptors (Lipinski definition) is 3. The van der Waals surface area contributed by atoms with Crippen LogP contribution in [0.25, 0.3) is 0 Å². The molecule has 4 heteroatoms. The quantitative estimate of drug-likeness (QED) is 0.271. The summed E-state index contributed by atoms with van der Waals surface area (Å²) in [6.45, 7) is 5.53. The van der Waals surface area contributed by atoms with Crippen LogP contribution in [0.5, 0.6) is 0 Å². The van der Waals surface area contributed by atoms with E-state index < -0.39 is 11.5 Å². The molecule has 0 spiro atoms. The molecule has 0 amide bonds. The molecule has 0 aliphatic heterocycles. The Morgan fingerprint density at radius 3 is 2.29 bits per heavy atom. The highest BCUT2D eigenvalue weighted by Gasteiger charge is 2.07. The van der Waals surface area contributed by atoms with Crippen molar-refractivity contribution >= 4 is 17.6 Å². The molecule has 0 aromatic heterocycles. The predicted molar refractivity (Wildman–Crippen MR) is 73.6 cm³/mol. The van der Waals surface area contributed by atoms with E-state index in [1.807, 2.05) is 0 Å². The summed E-state index contributed by atoms with van der Waals surface area (Å²) in [6.07, 6.45) is 10.5. The van der Waals surface area contributed by atoms with Crippen LogP contribution in [-0.2, 0) is 9.53 Å². The smallest absolute Gasteiger partial charge is 0.331 e. The van der Waals surface area contributed by atoms with Crippen molar-refractivity contribution in [1.82, 2.24) is 6.15 Å². The maximum atomic E-state index is 10.8. The van der Waals surface area contributed by atoms with Crippen molar-refractivity contribution in [2.24, 2.45) is 0 Å². The van der Waals surface area contributed by atoms with Gasteiger partial charge < -0.3 is 10.9 Å². The standard InChI is InChI=1S/C13H23ClO2.H3N/c1-3-5-6-7-8-9-10-11-12(14)16-13(15)4-2;/h4,12H,2-3,5-11H2,1H3;1H3. The number of halogens is 1. The maximum Gasteiger partial charge on any atom is 0.331 e. The number of unbranched alkanes of at least 4 members (excludes halogenated alkanes) is 6. The van der Waals surface area contributed by atoms with Gasteiger partial charge in [-0.05, 0) is 12.8 Å². The number of rotatable bonds is 10. The lowest BCUT2D eigenvalue weighted by atomic mass is 10.1. The third kappa shape index (κ3) is 13.4. The van der Waals surface area contributed by atoms with Crippen LogP contribution in [0.3, 0.4) is 0 Å². The molecule has 0 saturated heterocycles. The van der Waals surface area contributed by atoms with Gasteiger partial charge in [-0.15, -0.1) is 0 Å². The van der Waals surface area contributed by atoms with E-state index in [4.69, 9.17) is 16.3 Å². The van der Waals surface area contributed by atoms with Crippen LogP contribution in [0, 0.1) is 0 Å². The van der Waals surface area contributed by atoms with Crippen molar-refractivity contribution in [2.75, 3.05) is 0 Å². The summed E-state index contributed by atoms with van der Waals surface area (Å²) in [4.78, 5) is 10.8. The van der Waals surface area contributed by atoms with Gasteiger partial charge in [0.15, 0.2) is 5.56 Å². The van der Waals surface area contributed by atoms with E-state index in [-0.39, 0.29) is 6.15 Å². The molecule has 0 aliphatic rings. The average Bonchev–Trinajstić information content (AvgIpc) is 2.27. The first-order chi connectivity index (χ1) is 7.70. The Balaban J connectivity index is 0. The van der Waals surface area contributed by atoms with Crippen LogP contribution in [-0.4, -0.2) is 11.5 Å². The molecule has 17 heavy (non-hydrogen) atoms. The van der Waals surface area contributed by atoms with Gasteiger partial charge >= 0.3 is 5.97 Å². The van der Waals surface area contributed by atoms with E-state index in [1.165, 1.54) is 38.5 Å². The molecule has 3 N–H and O–H groups in total. The van der Waals surface area contributed by atoms with Gasteiger partial charge in [0.2, 0.25) is 0 Å². The average molecular weight is 264 g/mol. The first-order valence-electron chi connectivity index (χ1n) is 6.17. The molecular formula is C13H26ClNO2. The Hall–Kier alpha value is -0.540. The van der Waals surface area contributed by atoms with E-state index in [0.717, 1.165) is 18.9 Å². The maximum absolute atomic E-state index is 10.8. The Morgan fingerprint density at radius 2 is 1.76 bits per heavy atom. The molecule has 0 aromatic rings. The minimum absolute atomic E-state index is 0. The third-order valence-corrected chi connectivity index (χ3v) is 2.75. The largest absolute Gasteiger partial charge is 0.443 e. The van der Waals surface area contributed by atoms with Gasteiger partial charge in [0.1, 0.15) is 0 Å². The van der Waals surface area contributed by atoms with Gasteiger partial charge in [-0.1, -0.05) is 63.6 Å². The number of hydrogen-bond donors (Lipinski definition) is 1. The zero-order valence-corrected chi connectivity index (χ0v) is 11.7. The topological polar surface area (TPSA) is 61.3 Å². The second-order valence-electron chi connectivity index (χ2n) is 3.96. The minimum Gasteiger partial charge on any atom is -0.443 e. The summed E-state index contributed by atoms with van der Waals surface area (Å²) in [5, 5.41) is 0. The van der Waals surface area contributed by atoms with Crippen molar-refractivity contribution in [3.8, 4) is 0 Å². The van der Waals surface area contributed by atoms with Crippen molar-refractivity contribution < 1.29 is 9.53 Å². The molecule has 0 aromatic carbocycles. The van der Waals surface area contributed by atoms with Crippen molar-refractivity contribution in [2.45, 2.75) is 63.9 Å². The molecule has 102 valence electrons. The third-order valence-electron chi connectivity index (χ3n) is 2.45.